The van der Waals surface area contributed by atoms with E-state index in [1.165, 1.54) is 31.6 Å². The molecular formula is C38H41F4N4NaO7. The van der Waals surface area contributed by atoms with E-state index in [4.69, 9.17) is 9.84 Å². The average Bonchev–Trinajstić information content (AvgIpc) is 3.61. The minimum atomic E-state index is -2.64. The normalized spacial score (nSPS) is 11.6. The van der Waals surface area contributed by atoms with Gasteiger partial charge in [-0.05, 0) is 75.2 Å². The molecule has 54 heavy (non-hydrogen) atoms. The van der Waals surface area contributed by atoms with Crippen molar-refractivity contribution >= 4 is 33.7 Å². The molecule has 4 aromatic heterocycles. The number of carbonyl (C=O) groups is 2. The maximum absolute atomic E-state index is 13.0. The molecule has 16 heteroatoms. The summed E-state index contributed by atoms with van der Waals surface area (Å²) in [6, 6.07) is 20.3. The number of aliphatic hydroxyl groups excluding tert-OH is 1. The van der Waals surface area contributed by atoms with Crippen LogP contribution < -0.4 is 29.6 Å². The predicted molar refractivity (Wildman–Crippen MR) is 191 cm³/mol. The molecule has 0 saturated heterocycles. The Morgan fingerprint density at radius 1 is 0.704 bits per heavy atom. The van der Waals surface area contributed by atoms with Crippen LogP contribution in [0.4, 0.5) is 17.6 Å². The number of fused-ring (bicyclic) bond motifs is 2. The molecule has 4 heterocycles. The molecule has 2 atom stereocenters. The third-order valence-electron chi connectivity index (χ3n) is 8.71. The number of carboxylic acid groups (broad SMARTS) is 1. The number of rotatable bonds is 8. The molecule has 0 amide bonds. The second-order valence-electron chi connectivity index (χ2n) is 11.5. The Labute approximate surface area is 331 Å². The zero-order valence-corrected chi connectivity index (χ0v) is 32.8. The summed E-state index contributed by atoms with van der Waals surface area (Å²) in [7, 11) is 2.34. The topological polar surface area (TPSA) is 181 Å². The average molecular weight is 765 g/mol. The summed E-state index contributed by atoms with van der Waals surface area (Å²) in [5, 5.41) is 17.9. The zero-order valence-electron chi connectivity index (χ0n) is 30.8. The number of aliphatic hydroxyl groups is 1. The van der Waals surface area contributed by atoms with Crippen LogP contribution in [0.5, 0.6) is 0 Å². The number of alkyl halides is 4. The van der Waals surface area contributed by atoms with E-state index >= 15 is 0 Å². The molecule has 0 spiro atoms. The van der Waals surface area contributed by atoms with Crippen LogP contribution in [0.3, 0.4) is 0 Å². The molecule has 0 aliphatic heterocycles. The predicted octanol–water partition coefficient (Wildman–Crippen LogP) is 4.88. The third-order valence-corrected chi connectivity index (χ3v) is 8.71. The molecular weight excluding hydrogens is 723 g/mol. The quantitative estimate of drug-likeness (QED) is 0.125. The van der Waals surface area contributed by atoms with Gasteiger partial charge in [0.05, 0.1) is 30.3 Å². The second kappa shape index (κ2) is 20.7. The van der Waals surface area contributed by atoms with Gasteiger partial charge in [0.1, 0.15) is 11.4 Å². The van der Waals surface area contributed by atoms with E-state index in [1.54, 1.807) is 31.2 Å². The SMILES string of the molecule is CO.COC(=O)c1c(C)n(C(C)c2ccnc(C(F)F)c2)c2ccccc12.Cc1c(C(=O)O)c2ccccc2n1C(C)c1ccnc(C(F)F)c1.O.[Na+].[OH-]. The van der Waals surface area contributed by atoms with Gasteiger partial charge < -0.3 is 35.0 Å². The maximum atomic E-state index is 13.0. The van der Waals surface area contributed by atoms with Crippen LogP contribution in [0, 0.1) is 13.8 Å². The summed E-state index contributed by atoms with van der Waals surface area (Å²) in [4.78, 5) is 31.2. The Morgan fingerprint density at radius 2 is 1.07 bits per heavy atom. The van der Waals surface area contributed by atoms with Crippen LogP contribution in [0.25, 0.3) is 21.8 Å². The minimum Gasteiger partial charge on any atom is -0.870 e. The largest absolute Gasteiger partial charge is 1.00 e. The van der Waals surface area contributed by atoms with Gasteiger partial charge in [0.2, 0.25) is 0 Å². The first-order valence-corrected chi connectivity index (χ1v) is 15.8. The number of hydrogen-bond donors (Lipinski definition) is 2. The van der Waals surface area contributed by atoms with E-state index in [1.807, 2.05) is 66.3 Å². The van der Waals surface area contributed by atoms with Crippen molar-refractivity contribution in [2.24, 2.45) is 0 Å². The van der Waals surface area contributed by atoms with Gasteiger partial charge in [0.25, 0.3) is 12.9 Å². The number of benzene rings is 2. The molecule has 0 bridgehead atoms. The molecule has 5 N–H and O–H groups in total. The number of carbonyl (C=O) groups excluding carboxylic acids is 1. The smallest absolute Gasteiger partial charge is 0.870 e. The number of ether oxygens (including phenoxy) is 1. The molecule has 6 aromatic rings. The molecule has 0 fully saturated rings. The first-order chi connectivity index (χ1) is 24.4. The molecule has 6 rings (SSSR count). The second-order valence-corrected chi connectivity index (χ2v) is 11.5. The van der Waals surface area contributed by atoms with Gasteiger partial charge in [0.15, 0.2) is 0 Å². The summed E-state index contributed by atoms with van der Waals surface area (Å²) in [5.41, 5.74) is 4.47. The fourth-order valence-electron chi connectivity index (χ4n) is 6.40. The van der Waals surface area contributed by atoms with Crippen molar-refractivity contribution in [1.29, 1.82) is 0 Å². The maximum Gasteiger partial charge on any atom is 1.00 e. The van der Waals surface area contributed by atoms with Crippen LogP contribution in [-0.4, -0.2) is 66.4 Å². The number of para-hydroxylation sites is 2. The number of pyridine rings is 2. The van der Waals surface area contributed by atoms with Gasteiger partial charge in [-0.15, -0.1) is 0 Å². The Balaban J connectivity index is 0.000000491. The van der Waals surface area contributed by atoms with Gasteiger partial charge >= 0.3 is 41.5 Å². The number of methoxy groups -OCH3 is 1. The van der Waals surface area contributed by atoms with Crippen LogP contribution >= 0.6 is 0 Å². The van der Waals surface area contributed by atoms with Crippen molar-refractivity contribution in [2.75, 3.05) is 14.2 Å². The van der Waals surface area contributed by atoms with Crippen molar-refractivity contribution < 1.29 is 82.6 Å². The zero-order chi connectivity index (χ0) is 37.6. The van der Waals surface area contributed by atoms with E-state index in [-0.39, 0.29) is 69.5 Å². The molecule has 0 aliphatic carbocycles. The van der Waals surface area contributed by atoms with Crippen LogP contribution in [0.1, 0.15) is 93.4 Å². The Bertz CT molecular complexity index is 2180. The number of esters is 1. The van der Waals surface area contributed by atoms with E-state index in [0.717, 1.165) is 29.2 Å². The van der Waals surface area contributed by atoms with Crippen LogP contribution in [0.2, 0.25) is 0 Å². The molecule has 0 radical (unpaired) electrons. The third kappa shape index (κ3) is 9.53. The number of halogens is 4. The first-order valence-electron chi connectivity index (χ1n) is 15.8. The van der Waals surface area contributed by atoms with Gasteiger partial charge in [0, 0.05) is 52.7 Å². The summed E-state index contributed by atoms with van der Waals surface area (Å²) in [6.45, 7) is 7.33. The summed E-state index contributed by atoms with van der Waals surface area (Å²) >= 11 is 0. The molecule has 2 aromatic carbocycles. The number of hydrogen-bond acceptors (Lipinski definition) is 7. The monoisotopic (exact) mass is 764 g/mol. The Kier molecular flexibility index (Phi) is 18.2. The van der Waals surface area contributed by atoms with Gasteiger partial charge in [-0.3, -0.25) is 9.97 Å². The summed E-state index contributed by atoms with van der Waals surface area (Å²) < 4.78 is 60.5. The molecule has 2 unspecified atom stereocenters. The number of carboxylic acids is 1. The standard InChI is InChI=1S/C19H18F2N2O2.C18H16F2N2O2.CH4O.Na.2H2O/c1-11(13-8-9-22-15(10-13)18(20)21)23-12(2)17(19(24)25-3)14-6-4-5-7-16(14)23;1-10(12-7-8-21-14(9-12)17(19)20)22-11(2)16(18(23)24)13-5-3-4-6-15(13)22;1-2;;;/h4-11,18H,1-3H3;3-10,17H,1-2H3,(H,23,24);2H,1H3;;2*1H2/q;;;+1;;/p-1. The van der Waals surface area contributed by atoms with E-state index < -0.39 is 24.8 Å². The molecule has 0 saturated carbocycles. The van der Waals surface area contributed by atoms with Crippen molar-refractivity contribution in [3.8, 4) is 0 Å². The van der Waals surface area contributed by atoms with Crippen molar-refractivity contribution in [2.45, 2.75) is 52.6 Å². The molecule has 0 aliphatic rings. The summed E-state index contributed by atoms with van der Waals surface area (Å²) in [5.74, 6) is -1.42. The van der Waals surface area contributed by atoms with Gasteiger partial charge in [-0.1, -0.05) is 36.4 Å². The Hall–Kier alpha value is -4.64. The number of aromatic carboxylic acids is 1. The fourth-order valence-corrected chi connectivity index (χ4v) is 6.40. The number of nitrogens with zero attached hydrogens (tertiary/aromatic N) is 4. The van der Waals surface area contributed by atoms with Gasteiger partial charge in [-0.2, -0.15) is 0 Å². The first kappa shape index (κ1) is 47.4. The molecule has 11 nitrogen and oxygen atoms in total. The van der Waals surface area contributed by atoms with Crippen molar-refractivity contribution in [3.05, 3.63) is 130 Å². The van der Waals surface area contributed by atoms with E-state index in [0.29, 0.717) is 27.8 Å². The van der Waals surface area contributed by atoms with E-state index in [2.05, 4.69) is 9.97 Å². The van der Waals surface area contributed by atoms with Crippen molar-refractivity contribution in [3.63, 3.8) is 0 Å². The Morgan fingerprint density at radius 3 is 1.44 bits per heavy atom. The minimum absolute atomic E-state index is 0. The van der Waals surface area contributed by atoms with Crippen molar-refractivity contribution in [1.82, 2.24) is 19.1 Å². The van der Waals surface area contributed by atoms with Crippen LogP contribution in [0.15, 0.2) is 85.2 Å². The van der Waals surface area contributed by atoms with Gasteiger partial charge in [-0.25, -0.2) is 27.2 Å². The molecule has 284 valence electrons. The van der Waals surface area contributed by atoms with E-state index in [9.17, 15) is 32.3 Å². The fraction of sp³-hybridized carbons (Fsp3) is 0.263. The summed E-state index contributed by atoms with van der Waals surface area (Å²) in [6.07, 6.45) is -2.53. The number of aromatic nitrogens is 4. The van der Waals surface area contributed by atoms with Crippen LogP contribution in [-0.2, 0) is 4.74 Å².